The Balaban J connectivity index is 1.55. The fraction of sp³-hybridized carbons (Fsp3) is 0.176. The van der Waals surface area contributed by atoms with Gasteiger partial charge in [-0.2, -0.15) is 0 Å². The maximum atomic E-state index is 12.1. The van der Waals surface area contributed by atoms with Gasteiger partial charge in [0.1, 0.15) is 0 Å². The van der Waals surface area contributed by atoms with Crippen molar-refractivity contribution in [3.63, 3.8) is 0 Å². The molecule has 0 unspecified atom stereocenters. The average molecular weight is 310 g/mol. The summed E-state index contributed by atoms with van der Waals surface area (Å²) in [4.78, 5) is 45.0. The average Bonchev–Trinajstić information content (AvgIpc) is 2.81. The van der Waals surface area contributed by atoms with Crippen LogP contribution in [0.2, 0.25) is 0 Å². The summed E-state index contributed by atoms with van der Waals surface area (Å²) in [6.07, 6.45) is 2.94. The fourth-order valence-corrected chi connectivity index (χ4v) is 2.36. The summed E-state index contributed by atoms with van der Waals surface area (Å²) < 4.78 is 0. The molecular weight excluding hydrogens is 296 g/mol. The van der Waals surface area contributed by atoms with E-state index in [9.17, 15) is 14.4 Å². The largest absolute Gasteiger partial charge is 0.333 e. The van der Waals surface area contributed by atoms with Crippen molar-refractivity contribution in [1.29, 1.82) is 0 Å². The van der Waals surface area contributed by atoms with Gasteiger partial charge in [0.2, 0.25) is 0 Å². The minimum atomic E-state index is -0.615. The molecular formula is C17H14N2O4. The quantitative estimate of drug-likeness (QED) is 0.791. The number of imide groups is 1. The van der Waals surface area contributed by atoms with Crippen LogP contribution in [0.4, 0.5) is 0 Å². The summed E-state index contributed by atoms with van der Waals surface area (Å²) in [7, 11) is 0. The summed E-state index contributed by atoms with van der Waals surface area (Å²) in [6.45, 7) is 0. The molecule has 0 spiro atoms. The topological polar surface area (TPSA) is 76.6 Å². The molecule has 2 heterocycles. The first-order chi connectivity index (χ1) is 11.2. The second-order valence-electron chi connectivity index (χ2n) is 5.09. The van der Waals surface area contributed by atoms with E-state index in [1.807, 2.05) is 18.2 Å². The van der Waals surface area contributed by atoms with Crippen LogP contribution in [-0.2, 0) is 16.1 Å². The van der Waals surface area contributed by atoms with Gasteiger partial charge in [-0.25, -0.2) is 4.79 Å². The molecule has 0 bridgehead atoms. The lowest BCUT2D eigenvalue weighted by Crippen LogP contribution is -2.32. The van der Waals surface area contributed by atoms with Crippen LogP contribution in [0.15, 0.2) is 48.7 Å². The highest BCUT2D eigenvalue weighted by Crippen LogP contribution is 2.22. The van der Waals surface area contributed by atoms with Crippen LogP contribution in [-0.4, -0.2) is 27.8 Å². The van der Waals surface area contributed by atoms with Crippen LogP contribution in [0.25, 0.3) is 0 Å². The van der Waals surface area contributed by atoms with Crippen LogP contribution in [0.3, 0.4) is 0 Å². The van der Waals surface area contributed by atoms with E-state index >= 15 is 0 Å². The second kappa shape index (κ2) is 6.39. The summed E-state index contributed by atoms with van der Waals surface area (Å²) in [5.41, 5.74) is 1.37. The molecule has 1 aromatic carbocycles. The first-order valence-corrected chi connectivity index (χ1v) is 7.25. The molecule has 0 fully saturated rings. The standard InChI is InChI=1S/C17H14N2O4/c20-15(10-5-7-12-6-3-4-11-18-12)23-19-16(21)13-8-1-2-9-14(13)17(19)22/h1-4,6,8-9,11H,5,7,10H2. The number of fused-ring (bicyclic) bond motifs is 1. The van der Waals surface area contributed by atoms with E-state index in [2.05, 4.69) is 4.98 Å². The van der Waals surface area contributed by atoms with Gasteiger partial charge in [0.25, 0.3) is 11.8 Å². The molecule has 0 saturated heterocycles. The number of rotatable bonds is 5. The lowest BCUT2D eigenvalue weighted by Gasteiger charge is -2.12. The number of pyridine rings is 1. The van der Waals surface area contributed by atoms with Gasteiger partial charge < -0.3 is 4.84 Å². The molecule has 3 rings (SSSR count). The molecule has 0 aliphatic carbocycles. The smallest absolute Gasteiger partial charge is 0.330 e. The Labute approximate surface area is 132 Å². The van der Waals surface area contributed by atoms with Gasteiger partial charge in [-0.05, 0) is 37.1 Å². The van der Waals surface area contributed by atoms with E-state index in [1.165, 1.54) is 12.1 Å². The molecule has 0 N–H and O–H groups in total. The predicted molar refractivity (Wildman–Crippen MR) is 80.2 cm³/mol. The first-order valence-electron chi connectivity index (χ1n) is 7.25. The van der Waals surface area contributed by atoms with Crippen LogP contribution in [0.5, 0.6) is 0 Å². The zero-order valence-electron chi connectivity index (χ0n) is 12.3. The number of hydrogen-bond acceptors (Lipinski definition) is 5. The highest BCUT2D eigenvalue weighted by molar-refractivity contribution is 6.20. The van der Waals surface area contributed by atoms with Gasteiger partial charge >= 0.3 is 5.97 Å². The van der Waals surface area contributed by atoms with E-state index < -0.39 is 17.8 Å². The van der Waals surface area contributed by atoms with Crippen molar-refractivity contribution < 1.29 is 19.2 Å². The van der Waals surface area contributed by atoms with Gasteiger partial charge in [-0.3, -0.25) is 14.6 Å². The Morgan fingerprint density at radius 3 is 2.26 bits per heavy atom. The monoisotopic (exact) mass is 310 g/mol. The number of hydroxylamine groups is 2. The number of nitrogens with zero attached hydrogens (tertiary/aromatic N) is 2. The van der Waals surface area contributed by atoms with Crippen LogP contribution >= 0.6 is 0 Å². The Morgan fingerprint density at radius 2 is 1.65 bits per heavy atom. The maximum absolute atomic E-state index is 12.1. The van der Waals surface area contributed by atoms with Crippen molar-refractivity contribution in [2.24, 2.45) is 0 Å². The van der Waals surface area contributed by atoms with Crippen molar-refractivity contribution in [3.8, 4) is 0 Å². The molecule has 1 aliphatic heterocycles. The zero-order chi connectivity index (χ0) is 16.2. The first kappa shape index (κ1) is 14.9. The minimum absolute atomic E-state index is 0.101. The van der Waals surface area contributed by atoms with Crippen molar-refractivity contribution in [3.05, 3.63) is 65.5 Å². The van der Waals surface area contributed by atoms with Crippen molar-refractivity contribution >= 4 is 17.8 Å². The summed E-state index contributed by atoms with van der Waals surface area (Å²) in [5, 5.41) is 0.535. The second-order valence-corrected chi connectivity index (χ2v) is 5.09. The summed E-state index contributed by atoms with van der Waals surface area (Å²) in [6, 6.07) is 11.9. The number of carbonyl (C=O) groups excluding carboxylic acids is 3. The van der Waals surface area contributed by atoms with Crippen molar-refractivity contribution in [1.82, 2.24) is 10.0 Å². The normalized spacial score (nSPS) is 13.1. The van der Waals surface area contributed by atoms with E-state index in [0.29, 0.717) is 17.9 Å². The number of carbonyl (C=O) groups is 3. The third-order valence-corrected chi connectivity index (χ3v) is 3.49. The molecule has 1 aliphatic rings. The van der Waals surface area contributed by atoms with Crippen LogP contribution in [0, 0.1) is 0 Å². The fourth-order valence-electron chi connectivity index (χ4n) is 2.36. The van der Waals surface area contributed by atoms with E-state index in [4.69, 9.17) is 4.84 Å². The van der Waals surface area contributed by atoms with Gasteiger partial charge in [-0.1, -0.05) is 23.3 Å². The third-order valence-electron chi connectivity index (χ3n) is 3.49. The highest BCUT2D eigenvalue weighted by atomic mass is 16.7. The Morgan fingerprint density at radius 1 is 1.00 bits per heavy atom. The molecule has 6 nitrogen and oxygen atoms in total. The SMILES string of the molecule is O=C(CCCc1ccccn1)ON1C(=O)c2ccccc2C1=O. The number of aryl methyl sites for hydroxylation is 1. The molecule has 2 aromatic rings. The molecule has 2 amide bonds. The number of hydrogen-bond donors (Lipinski definition) is 0. The molecule has 6 heteroatoms. The van der Waals surface area contributed by atoms with Gasteiger partial charge in [-0.15, -0.1) is 0 Å². The molecule has 23 heavy (non-hydrogen) atoms. The Kier molecular flexibility index (Phi) is 4.14. The lowest BCUT2D eigenvalue weighted by molar-refractivity contribution is -0.168. The van der Waals surface area contributed by atoms with Crippen LogP contribution < -0.4 is 0 Å². The summed E-state index contributed by atoms with van der Waals surface area (Å²) in [5.74, 6) is -1.83. The molecule has 0 radical (unpaired) electrons. The van der Waals surface area contributed by atoms with E-state index in [-0.39, 0.29) is 17.5 Å². The van der Waals surface area contributed by atoms with Crippen LogP contribution in [0.1, 0.15) is 39.3 Å². The van der Waals surface area contributed by atoms with Gasteiger partial charge in [0, 0.05) is 18.3 Å². The number of aromatic nitrogens is 1. The molecule has 0 atom stereocenters. The van der Waals surface area contributed by atoms with Crippen molar-refractivity contribution in [2.45, 2.75) is 19.3 Å². The summed E-state index contributed by atoms with van der Waals surface area (Å²) >= 11 is 0. The number of amides is 2. The maximum Gasteiger partial charge on any atom is 0.333 e. The van der Waals surface area contributed by atoms with E-state index in [0.717, 1.165) is 5.69 Å². The minimum Gasteiger partial charge on any atom is -0.330 e. The Bertz CT molecular complexity index is 723. The third kappa shape index (κ3) is 3.11. The number of benzene rings is 1. The van der Waals surface area contributed by atoms with Gasteiger partial charge in [0.15, 0.2) is 0 Å². The zero-order valence-corrected chi connectivity index (χ0v) is 12.3. The molecule has 116 valence electrons. The van der Waals surface area contributed by atoms with Gasteiger partial charge in [0.05, 0.1) is 11.1 Å². The molecule has 0 saturated carbocycles. The lowest BCUT2D eigenvalue weighted by atomic mass is 10.1. The highest BCUT2D eigenvalue weighted by Gasteiger charge is 2.38. The van der Waals surface area contributed by atoms with Crippen molar-refractivity contribution in [2.75, 3.05) is 0 Å². The molecule has 1 aromatic heterocycles. The predicted octanol–water partition coefficient (Wildman–Crippen LogP) is 2.16. The Hall–Kier alpha value is -3.02. The van der Waals surface area contributed by atoms with E-state index in [1.54, 1.807) is 18.3 Å².